The van der Waals surface area contributed by atoms with Crippen LogP contribution < -0.4 is 5.32 Å². The van der Waals surface area contributed by atoms with Gasteiger partial charge in [-0.2, -0.15) is 5.10 Å². The van der Waals surface area contributed by atoms with Crippen LogP contribution in [0.25, 0.3) is 22.8 Å². The SMILES string of the molecule is Cc1ccc(-n2nc(C)c(NC(=O)CSc3nnc(-c4ccoc4C)n3-c3ccccc3)c2C)cc1. The maximum atomic E-state index is 13.0. The first kappa shape index (κ1) is 23.6. The number of amides is 1. The van der Waals surface area contributed by atoms with Crippen molar-refractivity contribution in [1.29, 1.82) is 0 Å². The van der Waals surface area contributed by atoms with Crippen molar-refractivity contribution in [1.82, 2.24) is 24.5 Å². The number of thioether (sulfide) groups is 1. The molecule has 5 rings (SSSR count). The average molecular weight is 499 g/mol. The molecule has 1 amide bonds. The summed E-state index contributed by atoms with van der Waals surface area (Å²) >= 11 is 1.33. The molecule has 2 aromatic carbocycles. The Balaban J connectivity index is 1.37. The van der Waals surface area contributed by atoms with Crippen LogP contribution in [0, 0.1) is 27.7 Å². The first-order valence-electron chi connectivity index (χ1n) is 11.5. The molecule has 0 saturated carbocycles. The van der Waals surface area contributed by atoms with Gasteiger partial charge in [0.05, 0.1) is 40.3 Å². The van der Waals surface area contributed by atoms with E-state index in [1.165, 1.54) is 17.3 Å². The van der Waals surface area contributed by atoms with Crippen LogP contribution in [0.3, 0.4) is 0 Å². The molecule has 0 fully saturated rings. The second-order valence-corrected chi connectivity index (χ2v) is 9.44. The number of nitrogens with one attached hydrogen (secondary N) is 1. The van der Waals surface area contributed by atoms with Crippen molar-refractivity contribution < 1.29 is 9.21 Å². The number of rotatable bonds is 7. The molecule has 0 atom stereocenters. The quantitative estimate of drug-likeness (QED) is 0.291. The van der Waals surface area contributed by atoms with E-state index in [-0.39, 0.29) is 11.7 Å². The molecule has 3 heterocycles. The van der Waals surface area contributed by atoms with Gasteiger partial charge in [0.1, 0.15) is 5.76 Å². The predicted molar refractivity (Wildman–Crippen MR) is 141 cm³/mol. The Hall–Kier alpha value is -4.11. The lowest BCUT2D eigenvalue weighted by molar-refractivity contribution is -0.113. The minimum Gasteiger partial charge on any atom is -0.469 e. The number of anilines is 1. The molecule has 0 unspecified atom stereocenters. The molecule has 36 heavy (non-hydrogen) atoms. The van der Waals surface area contributed by atoms with E-state index in [2.05, 4.69) is 20.6 Å². The third kappa shape index (κ3) is 4.57. The smallest absolute Gasteiger partial charge is 0.234 e. The van der Waals surface area contributed by atoms with Crippen molar-refractivity contribution in [3.8, 4) is 22.8 Å². The Morgan fingerprint density at radius 1 is 0.944 bits per heavy atom. The van der Waals surface area contributed by atoms with E-state index >= 15 is 0 Å². The Labute approximate surface area is 213 Å². The number of nitrogens with zero attached hydrogens (tertiary/aromatic N) is 5. The monoisotopic (exact) mass is 498 g/mol. The highest BCUT2D eigenvalue weighted by Crippen LogP contribution is 2.30. The van der Waals surface area contributed by atoms with Gasteiger partial charge in [0.15, 0.2) is 11.0 Å². The fourth-order valence-corrected chi connectivity index (χ4v) is 4.78. The second kappa shape index (κ2) is 9.87. The third-order valence-corrected chi connectivity index (χ3v) is 6.84. The molecule has 1 N–H and O–H groups in total. The Morgan fingerprint density at radius 3 is 2.39 bits per heavy atom. The van der Waals surface area contributed by atoms with Gasteiger partial charge in [-0.15, -0.1) is 10.2 Å². The summed E-state index contributed by atoms with van der Waals surface area (Å²) in [5.41, 5.74) is 6.26. The third-order valence-electron chi connectivity index (χ3n) is 5.91. The summed E-state index contributed by atoms with van der Waals surface area (Å²) < 4.78 is 9.28. The average Bonchev–Trinajstić information content (AvgIpc) is 3.57. The van der Waals surface area contributed by atoms with Crippen LogP contribution in [-0.2, 0) is 4.79 Å². The van der Waals surface area contributed by atoms with Gasteiger partial charge in [-0.05, 0) is 58.0 Å². The molecule has 182 valence electrons. The molecule has 8 nitrogen and oxygen atoms in total. The van der Waals surface area contributed by atoms with Crippen LogP contribution in [0.1, 0.15) is 22.7 Å². The number of hydrogen-bond donors (Lipinski definition) is 1. The van der Waals surface area contributed by atoms with Crippen molar-refractivity contribution >= 4 is 23.4 Å². The van der Waals surface area contributed by atoms with Crippen LogP contribution in [0.2, 0.25) is 0 Å². The van der Waals surface area contributed by atoms with Gasteiger partial charge in [0, 0.05) is 5.69 Å². The standard InChI is InChI=1S/C27H26N6O2S/c1-17-10-12-22(13-11-17)33-19(3)25(18(2)31-33)28-24(34)16-36-27-30-29-26(23-14-15-35-20(23)4)32(27)21-8-6-5-7-9-21/h5-15H,16H2,1-4H3,(H,28,34). The summed E-state index contributed by atoms with van der Waals surface area (Å²) in [6, 6.07) is 19.8. The number of para-hydroxylation sites is 1. The van der Waals surface area contributed by atoms with Gasteiger partial charge in [0.25, 0.3) is 0 Å². The highest BCUT2D eigenvalue weighted by Gasteiger charge is 2.21. The lowest BCUT2D eigenvalue weighted by Gasteiger charge is -2.10. The predicted octanol–water partition coefficient (Wildman–Crippen LogP) is 5.68. The number of furan rings is 1. The number of aryl methyl sites for hydroxylation is 3. The van der Waals surface area contributed by atoms with Gasteiger partial charge >= 0.3 is 0 Å². The topological polar surface area (TPSA) is 90.8 Å². The van der Waals surface area contributed by atoms with E-state index < -0.39 is 0 Å². The van der Waals surface area contributed by atoms with Gasteiger partial charge < -0.3 is 9.73 Å². The molecule has 5 aromatic rings. The van der Waals surface area contributed by atoms with E-state index in [9.17, 15) is 4.79 Å². The van der Waals surface area contributed by atoms with Crippen molar-refractivity contribution in [3.63, 3.8) is 0 Å². The van der Waals surface area contributed by atoms with Crippen LogP contribution >= 0.6 is 11.8 Å². The zero-order valence-electron chi connectivity index (χ0n) is 20.5. The Bertz CT molecular complexity index is 1520. The van der Waals surface area contributed by atoms with E-state index in [1.54, 1.807) is 6.26 Å². The van der Waals surface area contributed by atoms with Crippen molar-refractivity contribution in [3.05, 3.63) is 89.6 Å². The first-order chi connectivity index (χ1) is 17.4. The van der Waals surface area contributed by atoms with Crippen molar-refractivity contribution in [2.75, 3.05) is 11.1 Å². The molecular weight excluding hydrogens is 472 g/mol. The van der Waals surface area contributed by atoms with Crippen LogP contribution in [-0.4, -0.2) is 36.2 Å². The van der Waals surface area contributed by atoms with Crippen LogP contribution in [0.15, 0.2) is 76.5 Å². The van der Waals surface area contributed by atoms with E-state index in [0.717, 1.165) is 39.8 Å². The van der Waals surface area contributed by atoms with Gasteiger partial charge in [-0.25, -0.2) is 4.68 Å². The van der Waals surface area contributed by atoms with Crippen LogP contribution in [0.4, 0.5) is 5.69 Å². The van der Waals surface area contributed by atoms with Crippen molar-refractivity contribution in [2.24, 2.45) is 0 Å². The minimum absolute atomic E-state index is 0.140. The number of hydrogen-bond acceptors (Lipinski definition) is 6. The summed E-state index contributed by atoms with van der Waals surface area (Å²) in [5, 5.41) is 17.1. The minimum atomic E-state index is -0.140. The molecular formula is C27H26N6O2S. The first-order valence-corrected chi connectivity index (χ1v) is 12.5. The Kier molecular flexibility index (Phi) is 6.47. The molecule has 3 aromatic heterocycles. The normalized spacial score (nSPS) is 11.1. The van der Waals surface area contributed by atoms with Crippen LogP contribution in [0.5, 0.6) is 0 Å². The molecule has 0 bridgehead atoms. The van der Waals surface area contributed by atoms with Gasteiger partial charge in [-0.1, -0.05) is 47.7 Å². The molecule has 9 heteroatoms. The summed E-state index contributed by atoms with van der Waals surface area (Å²) in [4.78, 5) is 13.0. The van der Waals surface area contributed by atoms with E-state index in [0.29, 0.717) is 11.0 Å². The van der Waals surface area contributed by atoms with Gasteiger partial charge in [0.2, 0.25) is 5.91 Å². The van der Waals surface area contributed by atoms with E-state index in [1.807, 2.05) is 97.6 Å². The number of carbonyl (C=O) groups is 1. The summed E-state index contributed by atoms with van der Waals surface area (Å²) in [6.07, 6.45) is 1.64. The molecule has 0 spiro atoms. The van der Waals surface area contributed by atoms with Crippen molar-refractivity contribution in [2.45, 2.75) is 32.9 Å². The summed E-state index contributed by atoms with van der Waals surface area (Å²) in [6.45, 7) is 7.79. The Morgan fingerprint density at radius 2 is 1.69 bits per heavy atom. The summed E-state index contributed by atoms with van der Waals surface area (Å²) in [5.74, 6) is 1.45. The number of benzene rings is 2. The summed E-state index contributed by atoms with van der Waals surface area (Å²) in [7, 11) is 0. The molecule has 0 aliphatic carbocycles. The highest BCUT2D eigenvalue weighted by molar-refractivity contribution is 7.99. The maximum Gasteiger partial charge on any atom is 0.234 e. The fourth-order valence-electron chi connectivity index (χ4n) is 4.03. The zero-order chi connectivity index (χ0) is 25.2. The molecule has 0 saturated heterocycles. The number of carbonyl (C=O) groups excluding carboxylic acids is 1. The fraction of sp³-hybridized carbons (Fsp3) is 0.185. The zero-order valence-corrected chi connectivity index (χ0v) is 21.3. The molecule has 0 aliphatic rings. The second-order valence-electron chi connectivity index (χ2n) is 8.50. The lowest BCUT2D eigenvalue weighted by Crippen LogP contribution is -2.15. The highest BCUT2D eigenvalue weighted by atomic mass is 32.2. The lowest BCUT2D eigenvalue weighted by atomic mass is 10.2. The maximum absolute atomic E-state index is 13.0. The molecule has 0 aliphatic heterocycles. The van der Waals surface area contributed by atoms with Gasteiger partial charge in [-0.3, -0.25) is 9.36 Å². The van der Waals surface area contributed by atoms with E-state index in [4.69, 9.17) is 4.42 Å². The molecule has 0 radical (unpaired) electrons. The largest absolute Gasteiger partial charge is 0.469 e. The number of aromatic nitrogens is 5.